The molecule has 0 saturated heterocycles. The third-order valence-electron chi connectivity index (χ3n) is 1.82. The standard InChI is InChI=1S/C9H8N2O3/c12-8(13)2-1-7-10-5-6-3-4-14-9(6)11-7/h3-5H,1-2H2,(H,12,13). The van der Waals surface area contributed by atoms with E-state index in [1.807, 2.05) is 0 Å². The zero-order valence-corrected chi connectivity index (χ0v) is 7.30. The van der Waals surface area contributed by atoms with Crippen LogP contribution in [-0.2, 0) is 11.2 Å². The van der Waals surface area contributed by atoms with Crippen molar-refractivity contribution in [1.82, 2.24) is 9.97 Å². The number of fused-ring (bicyclic) bond motifs is 1. The lowest BCUT2D eigenvalue weighted by atomic mass is 10.3. The van der Waals surface area contributed by atoms with Gasteiger partial charge in [-0.1, -0.05) is 0 Å². The number of nitrogens with zero attached hydrogens (tertiary/aromatic N) is 2. The fourth-order valence-electron chi connectivity index (χ4n) is 1.13. The van der Waals surface area contributed by atoms with Gasteiger partial charge in [-0.3, -0.25) is 4.79 Å². The van der Waals surface area contributed by atoms with Crippen molar-refractivity contribution in [1.29, 1.82) is 0 Å². The first kappa shape index (κ1) is 8.68. The van der Waals surface area contributed by atoms with E-state index in [1.54, 1.807) is 12.3 Å². The monoisotopic (exact) mass is 192 g/mol. The summed E-state index contributed by atoms with van der Waals surface area (Å²) in [7, 11) is 0. The smallest absolute Gasteiger partial charge is 0.303 e. The van der Waals surface area contributed by atoms with Gasteiger partial charge in [0.05, 0.1) is 18.1 Å². The van der Waals surface area contributed by atoms with Crippen LogP contribution in [0.2, 0.25) is 0 Å². The number of carbonyl (C=O) groups is 1. The maximum atomic E-state index is 10.3. The van der Waals surface area contributed by atoms with E-state index in [9.17, 15) is 4.79 Å². The lowest BCUT2D eigenvalue weighted by Gasteiger charge is -1.95. The van der Waals surface area contributed by atoms with Crippen LogP contribution in [0.4, 0.5) is 0 Å². The summed E-state index contributed by atoms with van der Waals surface area (Å²) in [5.41, 5.74) is 0.500. The lowest BCUT2D eigenvalue weighted by Crippen LogP contribution is -2.01. The second kappa shape index (κ2) is 3.45. The molecule has 0 radical (unpaired) electrons. The fourth-order valence-corrected chi connectivity index (χ4v) is 1.13. The quantitative estimate of drug-likeness (QED) is 0.791. The van der Waals surface area contributed by atoms with Crippen molar-refractivity contribution in [3.8, 4) is 0 Å². The molecule has 0 bridgehead atoms. The predicted molar refractivity (Wildman–Crippen MR) is 47.8 cm³/mol. The fraction of sp³-hybridized carbons (Fsp3) is 0.222. The highest BCUT2D eigenvalue weighted by atomic mass is 16.4. The Hall–Kier alpha value is -1.91. The molecule has 0 amide bonds. The van der Waals surface area contributed by atoms with Crippen molar-refractivity contribution in [2.75, 3.05) is 0 Å². The van der Waals surface area contributed by atoms with Gasteiger partial charge < -0.3 is 9.52 Å². The zero-order valence-electron chi connectivity index (χ0n) is 7.30. The van der Waals surface area contributed by atoms with Gasteiger partial charge in [-0.15, -0.1) is 0 Å². The molecule has 2 aromatic rings. The minimum absolute atomic E-state index is 0.0339. The first-order valence-electron chi connectivity index (χ1n) is 4.16. The topological polar surface area (TPSA) is 76.2 Å². The maximum absolute atomic E-state index is 10.3. The van der Waals surface area contributed by atoms with Crippen LogP contribution in [0.3, 0.4) is 0 Å². The van der Waals surface area contributed by atoms with Crippen molar-refractivity contribution in [2.45, 2.75) is 12.8 Å². The minimum atomic E-state index is -0.854. The number of carboxylic acids is 1. The summed E-state index contributed by atoms with van der Waals surface area (Å²) in [4.78, 5) is 18.4. The van der Waals surface area contributed by atoms with Gasteiger partial charge in [0, 0.05) is 12.6 Å². The molecule has 5 nitrogen and oxygen atoms in total. The van der Waals surface area contributed by atoms with Crippen LogP contribution in [0, 0.1) is 0 Å². The van der Waals surface area contributed by atoms with Crippen molar-refractivity contribution in [3.63, 3.8) is 0 Å². The molecule has 2 aromatic heterocycles. The first-order valence-corrected chi connectivity index (χ1v) is 4.16. The molecule has 14 heavy (non-hydrogen) atoms. The highest BCUT2D eigenvalue weighted by Gasteiger charge is 2.04. The second-order valence-corrected chi connectivity index (χ2v) is 2.86. The molecule has 0 aliphatic heterocycles. The Morgan fingerprint density at radius 2 is 2.43 bits per heavy atom. The zero-order chi connectivity index (χ0) is 9.97. The Morgan fingerprint density at radius 3 is 3.21 bits per heavy atom. The van der Waals surface area contributed by atoms with E-state index in [2.05, 4.69) is 9.97 Å². The number of furan rings is 1. The molecule has 0 fully saturated rings. The third-order valence-corrected chi connectivity index (χ3v) is 1.82. The largest absolute Gasteiger partial charge is 0.481 e. The van der Waals surface area contributed by atoms with Gasteiger partial charge >= 0.3 is 5.97 Å². The molecular weight excluding hydrogens is 184 g/mol. The average Bonchev–Trinajstić information content (AvgIpc) is 2.61. The molecule has 1 N–H and O–H groups in total. The normalized spacial score (nSPS) is 10.6. The van der Waals surface area contributed by atoms with Crippen LogP contribution >= 0.6 is 0 Å². The number of hydrogen-bond donors (Lipinski definition) is 1. The number of rotatable bonds is 3. The summed E-state index contributed by atoms with van der Waals surface area (Å²) < 4.78 is 5.07. The average molecular weight is 192 g/mol. The van der Waals surface area contributed by atoms with Gasteiger partial charge in [0.1, 0.15) is 5.82 Å². The van der Waals surface area contributed by atoms with E-state index in [0.29, 0.717) is 18.0 Å². The summed E-state index contributed by atoms with van der Waals surface area (Å²) in [6, 6.07) is 1.76. The Balaban J connectivity index is 2.21. The van der Waals surface area contributed by atoms with Gasteiger partial charge in [-0.05, 0) is 6.07 Å². The van der Waals surface area contributed by atoms with Gasteiger partial charge in [0.25, 0.3) is 0 Å². The summed E-state index contributed by atoms with van der Waals surface area (Å²) >= 11 is 0. The van der Waals surface area contributed by atoms with Crippen LogP contribution in [0.25, 0.3) is 11.1 Å². The van der Waals surface area contributed by atoms with E-state index in [1.165, 1.54) is 6.26 Å². The molecule has 5 heteroatoms. The summed E-state index contributed by atoms with van der Waals surface area (Å²) in [5, 5.41) is 9.29. The summed E-state index contributed by atoms with van der Waals surface area (Å²) in [5.74, 6) is -0.358. The van der Waals surface area contributed by atoms with Crippen molar-refractivity contribution >= 4 is 17.1 Å². The highest BCUT2D eigenvalue weighted by molar-refractivity contribution is 5.71. The van der Waals surface area contributed by atoms with E-state index < -0.39 is 5.97 Å². The molecule has 0 spiro atoms. The SMILES string of the molecule is O=C(O)CCc1ncc2ccoc2n1. The van der Waals surface area contributed by atoms with E-state index in [-0.39, 0.29) is 6.42 Å². The maximum Gasteiger partial charge on any atom is 0.303 e. The molecule has 2 rings (SSSR count). The molecule has 0 atom stereocenters. The van der Waals surface area contributed by atoms with Gasteiger partial charge in [0.2, 0.25) is 5.71 Å². The van der Waals surface area contributed by atoms with Crippen molar-refractivity contribution < 1.29 is 14.3 Å². The second-order valence-electron chi connectivity index (χ2n) is 2.86. The predicted octanol–water partition coefficient (Wildman–Crippen LogP) is 1.24. The van der Waals surface area contributed by atoms with Gasteiger partial charge in [-0.25, -0.2) is 4.98 Å². The Bertz CT molecular complexity index is 464. The molecule has 0 saturated carbocycles. The molecular formula is C9H8N2O3. The van der Waals surface area contributed by atoms with Crippen molar-refractivity contribution in [3.05, 3.63) is 24.4 Å². The van der Waals surface area contributed by atoms with Crippen LogP contribution in [0.1, 0.15) is 12.2 Å². The van der Waals surface area contributed by atoms with Crippen LogP contribution in [0.5, 0.6) is 0 Å². The number of aryl methyl sites for hydroxylation is 1. The summed E-state index contributed by atoms with van der Waals surface area (Å²) in [6.07, 6.45) is 3.52. The molecule has 0 aliphatic rings. The Labute approximate surface area is 79.4 Å². The van der Waals surface area contributed by atoms with Gasteiger partial charge in [-0.2, -0.15) is 4.98 Å². The van der Waals surface area contributed by atoms with E-state index in [4.69, 9.17) is 9.52 Å². The minimum Gasteiger partial charge on any atom is -0.481 e. The first-order chi connectivity index (χ1) is 6.75. The molecule has 0 aliphatic carbocycles. The van der Waals surface area contributed by atoms with Crippen LogP contribution < -0.4 is 0 Å². The van der Waals surface area contributed by atoms with E-state index in [0.717, 1.165) is 5.39 Å². The number of carboxylic acid groups (broad SMARTS) is 1. The van der Waals surface area contributed by atoms with Crippen LogP contribution in [-0.4, -0.2) is 21.0 Å². The molecule has 72 valence electrons. The number of aliphatic carboxylic acids is 1. The Kier molecular flexibility index (Phi) is 2.14. The van der Waals surface area contributed by atoms with Gasteiger partial charge in [0.15, 0.2) is 0 Å². The molecule has 0 unspecified atom stereocenters. The number of hydrogen-bond acceptors (Lipinski definition) is 4. The molecule has 2 heterocycles. The highest BCUT2D eigenvalue weighted by Crippen LogP contribution is 2.11. The molecule has 0 aromatic carbocycles. The number of aromatic nitrogens is 2. The van der Waals surface area contributed by atoms with Crippen molar-refractivity contribution in [2.24, 2.45) is 0 Å². The van der Waals surface area contributed by atoms with E-state index >= 15 is 0 Å². The van der Waals surface area contributed by atoms with Crippen LogP contribution in [0.15, 0.2) is 22.9 Å². The summed E-state index contributed by atoms with van der Waals surface area (Å²) in [6.45, 7) is 0. The lowest BCUT2D eigenvalue weighted by molar-refractivity contribution is -0.137. The third kappa shape index (κ3) is 1.71. The Morgan fingerprint density at radius 1 is 1.57 bits per heavy atom.